The molecule has 0 amide bonds. The molecule has 29 heavy (non-hydrogen) atoms. The monoisotopic (exact) mass is 397 g/mol. The first-order valence-corrected chi connectivity index (χ1v) is 9.06. The van der Waals surface area contributed by atoms with Gasteiger partial charge in [-0.1, -0.05) is 6.07 Å². The molecule has 0 saturated carbocycles. The molecule has 152 valence electrons. The van der Waals surface area contributed by atoms with Gasteiger partial charge in [0.2, 0.25) is 5.78 Å². The summed E-state index contributed by atoms with van der Waals surface area (Å²) in [5.74, 6) is 0.459. The summed E-state index contributed by atoms with van der Waals surface area (Å²) >= 11 is 0. The Hall–Kier alpha value is -3.48. The molecule has 7 nitrogen and oxygen atoms in total. The number of methoxy groups -OCH3 is 2. The van der Waals surface area contributed by atoms with Gasteiger partial charge in [-0.15, -0.1) is 0 Å². The number of carbonyl (C=O) groups excluding carboxylic acids is 2. The zero-order valence-corrected chi connectivity index (χ0v) is 16.9. The Labute approximate surface area is 168 Å². The van der Waals surface area contributed by atoms with E-state index in [-0.39, 0.29) is 18.0 Å². The number of furan rings is 1. The summed E-state index contributed by atoms with van der Waals surface area (Å²) < 4.78 is 23.1. The molecule has 0 spiro atoms. The number of hydrogen-bond donors (Lipinski definition) is 0. The van der Waals surface area contributed by atoms with E-state index in [1.54, 1.807) is 30.5 Å². The number of hydrogen-bond acceptors (Lipinski definition) is 6. The summed E-state index contributed by atoms with van der Waals surface area (Å²) in [6, 6.07) is 10.4. The number of esters is 1. The number of aryl methyl sites for hydroxylation is 1. The van der Waals surface area contributed by atoms with Crippen LogP contribution >= 0.6 is 0 Å². The van der Waals surface area contributed by atoms with Crippen LogP contribution in [-0.4, -0.2) is 37.1 Å². The largest absolute Gasteiger partial charge is 0.496 e. The Bertz CT molecular complexity index is 994. The normalized spacial score (nSPS) is 10.6. The number of ether oxygens (including phenoxy) is 3. The highest BCUT2D eigenvalue weighted by Gasteiger charge is 2.22. The lowest BCUT2D eigenvalue weighted by atomic mass is 10.1. The minimum Gasteiger partial charge on any atom is -0.496 e. The third-order valence-corrected chi connectivity index (χ3v) is 4.73. The average molecular weight is 397 g/mol. The summed E-state index contributed by atoms with van der Waals surface area (Å²) in [5.41, 5.74) is 2.36. The molecule has 2 heterocycles. The van der Waals surface area contributed by atoms with Gasteiger partial charge in [-0.3, -0.25) is 4.79 Å². The first kappa shape index (κ1) is 20.3. The van der Waals surface area contributed by atoms with E-state index in [2.05, 4.69) is 0 Å². The second-order valence-electron chi connectivity index (χ2n) is 6.49. The van der Waals surface area contributed by atoms with Crippen molar-refractivity contribution in [2.24, 2.45) is 0 Å². The second-order valence-corrected chi connectivity index (χ2v) is 6.49. The molecule has 0 aliphatic rings. The molecule has 3 rings (SSSR count). The molecule has 0 bridgehead atoms. The van der Waals surface area contributed by atoms with Gasteiger partial charge < -0.3 is 23.2 Å². The topological polar surface area (TPSA) is 79.9 Å². The minimum atomic E-state index is -0.683. The molecule has 0 radical (unpaired) electrons. The lowest BCUT2D eigenvalue weighted by Gasteiger charge is -2.12. The smallest absolute Gasteiger partial charge is 0.346 e. The Balaban J connectivity index is 1.74. The van der Waals surface area contributed by atoms with E-state index in [1.165, 1.54) is 14.2 Å². The molecule has 0 aliphatic carbocycles. The van der Waals surface area contributed by atoms with Crippen LogP contribution in [0.5, 0.6) is 11.5 Å². The van der Waals surface area contributed by atoms with Crippen molar-refractivity contribution >= 4 is 11.8 Å². The van der Waals surface area contributed by atoms with E-state index in [9.17, 15) is 9.59 Å². The van der Waals surface area contributed by atoms with Gasteiger partial charge >= 0.3 is 5.97 Å². The quantitative estimate of drug-likeness (QED) is 0.425. The van der Waals surface area contributed by atoms with Gasteiger partial charge in [0, 0.05) is 17.0 Å². The highest BCUT2D eigenvalue weighted by Crippen LogP contribution is 2.29. The second kappa shape index (κ2) is 8.68. The number of carbonyl (C=O) groups is 2. The summed E-state index contributed by atoms with van der Waals surface area (Å²) in [6.45, 7) is 3.91. The standard InChI is InChI=1S/C22H23NO6/c1-14-11-17(15(2)23(14)12-16-7-6-10-28-16)18(24)13-29-22(25)21-19(26-3)8-5-9-20(21)27-4/h5-11H,12-13H2,1-4H3. The zero-order chi connectivity index (χ0) is 21.0. The number of nitrogens with zero attached hydrogens (tertiary/aromatic N) is 1. The molecule has 7 heteroatoms. The minimum absolute atomic E-state index is 0.147. The van der Waals surface area contributed by atoms with Gasteiger partial charge in [0.1, 0.15) is 22.8 Å². The van der Waals surface area contributed by atoms with Crippen LogP contribution in [0.4, 0.5) is 0 Å². The van der Waals surface area contributed by atoms with E-state index in [4.69, 9.17) is 18.6 Å². The lowest BCUT2D eigenvalue weighted by Crippen LogP contribution is -2.16. The van der Waals surface area contributed by atoms with Crippen LogP contribution in [0.1, 0.15) is 37.9 Å². The Morgan fingerprint density at radius 2 is 1.72 bits per heavy atom. The van der Waals surface area contributed by atoms with E-state index in [0.29, 0.717) is 23.6 Å². The molecule has 1 aromatic carbocycles. The maximum atomic E-state index is 12.7. The van der Waals surface area contributed by atoms with Crippen molar-refractivity contribution in [3.05, 3.63) is 70.9 Å². The molecule has 0 N–H and O–H groups in total. The molecular formula is C22H23NO6. The van der Waals surface area contributed by atoms with Crippen molar-refractivity contribution in [2.45, 2.75) is 20.4 Å². The number of aromatic nitrogens is 1. The third kappa shape index (κ3) is 4.18. The van der Waals surface area contributed by atoms with Crippen molar-refractivity contribution in [1.82, 2.24) is 4.57 Å². The van der Waals surface area contributed by atoms with Crippen LogP contribution in [0, 0.1) is 13.8 Å². The summed E-state index contributed by atoms with van der Waals surface area (Å²) in [5, 5.41) is 0. The third-order valence-electron chi connectivity index (χ3n) is 4.73. The SMILES string of the molecule is COc1cccc(OC)c1C(=O)OCC(=O)c1cc(C)n(Cc2ccco2)c1C. The molecule has 2 aromatic heterocycles. The van der Waals surface area contributed by atoms with Gasteiger partial charge in [0.25, 0.3) is 0 Å². The Morgan fingerprint density at radius 3 is 2.31 bits per heavy atom. The van der Waals surface area contributed by atoms with Crippen LogP contribution in [0.25, 0.3) is 0 Å². The molecule has 0 saturated heterocycles. The van der Waals surface area contributed by atoms with Gasteiger partial charge in [-0.05, 0) is 44.2 Å². The van der Waals surface area contributed by atoms with Crippen LogP contribution in [0.15, 0.2) is 47.1 Å². The maximum absolute atomic E-state index is 12.7. The number of rotatable bonds is 8. The first-order chi connectivity index (χ1) is 14.0. The molecule has 3 aromatic rings. The van der Waals surface area contributed by atoms with Crippen molar-refractivity contribution in [3.8, 4) is 11.5 Å². The van der Waals surface area contributed by atoms with Crippen molar-refractivity contribution in [1.29, 1.82) is 0 Å². The van der Waals surface area contributed by atoms with E-state index < -0.39 is 5.97 Å². The Morgan fingerprint density at radius 1 is 1.03 bits per heavy atom. The van der Waals surface area contributed by atoms with Crippen molar-refractivity contribution in [2.75, 3.05) is 20.8 Å². The first-order valence-electron chi connectivity index (χ1n) is 9.06. The highest BCUT2D eigenvalue weighted by molar-refractivity contribution is 6.01. The molecule has 0 atom stereocenters. The van der Waals surface area contributed by atoms with Gasteiger partial charge in [0.15, 0.2) is 6.61 Å². The average Bonchev–Trinajstić information content (AvgIpc) is 3.34. The van der Waals surface area contributed by atoms with Crippen LogP contribution in [0.3, 0.4) is 0 Å². The summed E-state index contributed by atoms with van der Waals surface area (Å²) in [7, 11) is 2.90. The predicted octanol–water partition coefficient (Wildman–Crippen LogP) is 3.80. The summed E-state index contributed by atoms with van der Waals surface area (Å²) in [4.78, 5) is 25.3. The van der Waals surface area contributed by atoms with Gasteiger partial charge in [-0.25, -0.2) is 4.79 Å². The maximum Gasteiger partial charge on any atom is 0.346 e. The lowest BCUT2D eigenvalue weighted by molar-refractivity contribution is 0.0468. The van der Waals surface area contributed by atoms with E-state index in [0.717, 1.165) is 17.1 Å². The predicted molar refractivity (Wildman–Crippen MR) is 106 cm³/mol. The molecule has 0 fully saturated rings. The number of benzene rings is 1. The summed E-state index contributed by atoms with van der Waals surface area (Å²) in [6.07, 6.45) is 1.61. The fourth-order valence-electron chi connectivity index (χ4n) is 3.22. The van der Waals surface area contributed by atoms with Gasteiger partial charge in [-0.2, -0.15) is 0 Å². The number of ketones is 1. The molecule has 0 aliphatic heterocycles. The zero-order valence-electron chi connectivity index (χ0n) is 16.9. The highest BCUT2D eigenvalue weighted by atomic mass is 16.5. The van der Waals surface area contributed by atoms with Crippen LogP contribution < -0.4 is 9.47 Å². The van der Waals surface area contributed by atoms with Crippen LogP contribution in [0.2, 0.25) is 0 Å². The molecule has 0 unspecified atom stereocenters. The van der Waals surface area contributed by atoms with Crippen LogP contribution in [-0.2, 0) is 11.3 Å². The molecular weight excluding hydrogens is 374 g/mol. The van der Waals surface area contributed by atoms with Gasteiger partial charge in [0.05, 0.1) is 27.0 Å². The van der Waals surface area contributed by atoms with E-state index >= 15 is 0 Å². The van der Waals surface area contributed by atoms with E-state index in [1.807, 2.05) is 30.5 Å². The number of Topliss-reactive ketones (excluding diaryl/α,β-unsaturated/α-hetero) is 1. The van der Waals surface area contributed by atoms with Crippen molar-refractivity contribution in [3.63, 3.8) is 0 Å². The fourth-order valence-corrected chi connectivity index (χ4v) is 3.22. The Kier molecular flexibility index (Phi) is 6.07. The fraction of sp³-hybridized carbons (Fsp3) is 0.273. The van der Waals surface area contributed by atoms with Crippen molar-refractivity contribution < 1.29 is 28.2 Å².